The van der Waals surface area contributed by atoms with Crippen molar-refractivity contribution in [3.05, 3.63) is 83.9 Å². The van der Waals surface area contributed by atoms with E-state index in [9.17, 15) is 4.79 Å². The Morgan fingerprint density at radius 3 is 2.29 bits per heavy atom. The lowest BCUT2D eigenvalue weighted by molar-refractivity contribution is -0.134. The normalized spacial score (nSPS) is 12.2. The molecule has 0 fully saturated rings. The minimum absolute atomic E-state index is 0.287. The second kappa shape index (κ2) is 8.02. The Labute approximate surface area is 124 Å². The van der Waals surface area contributed by atoms with E-state index in [0.29, 0.717) is 6.61 Å². The highest BCUT2D eigenvalue weighted by atomic mass is 16.5. The number of carbonyl (C=O) groups is 1. The lowest BCUT2D eigenvalue weighted by Gasteiger charge is -2.14. The average molecular weight is 282 g/mol. The van der Waals surface area contributed by atoms with E-state index in [-0.39, 0.29) is 12.1 Å². The predicted octanol–water partition coefficient (Wildman–Crippen LogP) is 3.67. The van der Waals surface area contributed by atoms with Crippen LogP contribution in [0.2, 0.25) is 0 Å². The fourth-order valence-electron chi connectivity index (χ4n) is 1.90. The van der Waals surface area contributed by atoms with Gasteiger partial charge in [0.25, 0.3) is 0 Å². The van der Waals surface area contributed by atoms with Gasteiger partial charge in [-0.2, -0.15) is 0 Å². The van der Waals surface area contributed by atoms with Gasteiger partial charge in [-0.1, -0.05) is 60.7 Å². The van der Waals surface area contributed by atoms with Gasteiger partial charge in [-0.15, -0.1) is 0 Å². The molecule has 1 atom stereocenters. The van der Waals surface area contributed by atoms with Crippen LogP contribution in [0.15, 0.2) is 72.8 Å². The summed E-state index contributed by atoms with van der Waals surface area (Å²) in [5.74, 6) is -0.390. The first-order valence-corrected chi connectivity index (χ1v) is 6.76. The zero-order chi connectivity index (χ0) is 14.9. The molecular formula is C18H18O3. The summed E-state index contributed by atoms with van der Waals surface area (Å²) >= 11 is 0. The summed E-state index contributed by atoms with van der Waals surface area (Å²) in [5, 5.41) is 0. The zero-order valence-electron chi connectivity index (χ0n) is 11.9. The molecule has 2 aromatic rings. The van der Waals surface area contributed by atoms with E-state index >= 15 is 0 Å². The van der Waals surface area contributed by atoms with Crippen LogP contribution in [-0.2, 0) is 20.9 Å². The van der Waals surface area contributed by atoms with Crippen molar-refractivity contribution < 1.29 is 14.3 Å². The molecule has 21 heavy (non-hydrogen) atoms. The van der Waals surface area contributed by atoms with Crippen LogP contribution >= 0.6 is 0 Å². The minimum Gasteiger partial charge on any atom is -0.466 e. The Hall–Kier alpha value is -2.39. The van der Waals surface area contributed by atoms with Gasteiger partial charge in [0.2, 0.25) is 0 Å². The second-order valence-corrected chi connectivity index (χ2v) is 4.51. The quantitative estimate of drug-likeness (QED) is 0.599. The van der Waals surface area contributed by atoms with Crippen molar-refractivity contribution >= 4 is 5.97 Å². The average Bonchev–Trinajstić information content (AvgIpc) is 2.56. The Morgan fingerprint density at radius 1 is 1.05 bits per heavy atom. The number of ether oxygens (including phenoxy) is 2. The van der Waals surface area contributed by atoms with Crippen LogP contribution in [0.1, 0.15) is 17.2 Å². The lowest BCUT2D eigenvalue weighted by atomic mass is 10.1. The number of rotatable bonds is 6. The summed E-state index contributed by atoms with van der Waals surface area (Å²) in [5.41, 5.74) is 2.08. The van der Waals surface area contributed by atoms with Crippen molar-refractivity contribution in [2.75, 3.05) is 7.11 Å². The summed E-state index contributed by atoms with van der Waals surface area (Å²) in [7, 11) is 1.36. The number of hydrogen-bond donors (Lipinski definition) is 0. The molecule has 0 bridgehead atoms. The van der Waals surface area contributed by atoms with Crippen LogP contribution in [0.4, 0.5) is 0 Å². The molecule has 0 amide bonds. The van der Waals surface area contributed by atoms with Gasteiger partial charge in [-0.25, -0.2) is 4.79 Å². The molecule has 0 aliphatic carbocycles. The third-order valence-electron chi connectivity index (χ3n) is 3.01. The van der Waals surface area contributed by atoms with Gasteiger partial charge in [0.15, 0.2) is 0 Å². The second-order valence-electron chi connectivity index (χ2n) is 4.51. The third-order valence-corrected chi connectivity index (χ3v) is 3.01. The fraction of sp³-hybridized carbons (Fsp3) is 0.167. The highest BCUT2D eigenvalue weighted by Gasteiger charge is 2.09. The van der Waals surface area contributed by atoms with Gasteiger partial charge < -0.3 is 9.47 Å². The maximum atomic E-state index is 11.3. The molecule has 0 heterocycles. The first-order chi connectivity index (χ1) is 10.3. The van der Waals surface area contributed by atoms with Crippen LogP contribution in [0, 0.1) is 0 Å². The standard InChI is InChI=1S/C18H18O3/c1-20-18(19)13-12-17(16-10-6-3-7-11-16)21-14-15-8-4-2-5-9-15/h2-13,17H,14H2,1H3. The van der Waals surface area contributed by atoms with E-state index in [1.54, 1.807) is 6.08 Å². The first-order valence-electron chi connectivity index (χ1n) is 6.76. The Balaban J connectivity index is 2.09. The van der Waals surface area contributed by atoms with Crippen LogP contribution in [0.5, 0.6) is 0 Å². The number of carbonyl (C=O) groups excluding carboxylic acids is 1. The summed E-state index contributed by atoms with van der Waals surface area (Å²) in [6.45, 7) is 0.478. The SMILES string of the molecule is COC(=O)C=CC(OCc1ccccc1)c1ccccc1. The molecular weight excluding hydrogens is 264 g/mol. The number of esters is 1. The molecule has 108 valence electrons. The van der Waals surface area contributed by atoms with Crippen molar-refractivity contribution in [2.24, 2.45) is 0 Å². The monoisotopic (exact) mass is 282 g/mol. The third kappa shape index (κ3) is 4.89. The predicted molar refractivity (Wildman–Crippen MR) is 81.6 cm³/mol. The van der Waals surface area contributed by atoms with E-state index in [4.69, 9.17) is 4.74 Å². The topological polar surface area (TPSA) is 35.5 Å². The van der Waals surface area contributed by atoms with E-state index < -0.39 is 0 Å². The Morgan fingerprint density at radius 2 is 1.67 bits per heavy atom. The number of hydrogen-bond acceptors (Lipinski definition) is 3. The van der Waals surface area contributed by atoms with Crippen molar-refractivity contribution in [1.29, 1.82) is 0 Å². The molecule has 0 aromatic heterocycles. The fourth-order valence-corrected chi connectivity index (χ4v) is 1.90. The van der Waals surface area contributed by atoms with Gasteiger partial charge in [0.1, 0.15) is 6.10 Å². The molecule has 3 nitrogen and oxygen atoms in total. The van der Waals surface area contributed by atoms with Crippen molar-refractivity contribution in [1.82, 2.24) is 0 Å². The lowest BCUT2D eigenvalue weighted by Crippen LogP contribution is -2.03. The molecule has 3 heteroatoms. The molecule has 2 aromatic carbocycles. The van der Waals surface area contributed by atoms with Crippen LogP contribution in [0.3, 0.4) is 0 Å². The highest BCUT2D eigenvalue weighted by molar-refractivity contribution is 5.81. The van der Waals surface area contributed by atoms with Crippen molar-refractivity contribution in [2.45, 2.75) is 12.7 Å². The van der Waals surface area contributed by atoms with Gasteiger partial charge >= 0.3 is 5.97 Å². The van der Waals surface area contributed by atoms with E-state index in [1.165, 1.54) is 13.2 Å². The molecule has 0 aliphatic rings. The first kappa shape index (κ1) is 15.0. The van der Waals surface area contributed by atoms with Crippen LogP contribution < -0.4 is 0 Å². The Kier molecular flexibility index (Phi) is 5.73. The van der Waals surface area contributed by atoms with Gasteiger partial charge in [-0.3, -0.25) is 0 Å². The molecule has 0 N–H and O–H groups in total. The largest absolute Gasteiger partial charge is 0.466 e. The van der Waals surface area contributed by atoms with Gasteiger partial charge in [-0.05, 0) is 17.2 Å². The molecule has 1 unspecified atom stereocenters. The summed E-state index contributed by atoms with van der Waals surface area (Å²) < 4.78 is 10.5. The van der Waals surface area contributed by atoms with Crippen LogP contribution in [0.25, 0.3) is 0 Å². The van der Waals surface area contributed by atoms with E-state index in [2.05, 4.69) is 4.74 Å². The summed E-state index contributed by atoms with van der Waals surface area (Å²) in [6, 6.07) is 19.7. The van der Waals surface area contributed by atoms with Crippen molar-refractivity contribution in [3.8, 4) is 0 Å². The number of benzene rings is 2. The highest BCUT2D eigenvalue weighted by Crippen LogP contribution is 2.20. The maximum absolute atomic E-state index is 11.3. The van der Waals surface area contributed by atoms with E-state index in [0.717, 1.165) is 11.1 Å². The molecule has 0 saturated heterocycles. The number of methoxy groups -OCH3 is 1. The molecule has 2 rings (SSSR count). The van der Waals surface area contributed by atoms with Gasteiger partial charge in [0.05, 0.1) is 13.7 Å². The smallest absolute Gasteiger partial charge is 0.330 e. The maximum Gasteiger partial charge on any atom is 0.330 e. The molecule has 0 spiro atoms. The summed E-state index contributed by atoms with van der Waals surface area (Å²) in [6.07, 6.45) is 2.82. The summed E-state index contributed by atoms with van der Waals surface area (Å²) in [4.78, 5) is 11.3. The molecule has 0 radical (unpaired) electrons. The molecule has 0 aliphatic heterocycles. The van der Waals surface area contributed by atoms with Gasteiger partial charge in [0, 0.05) is 6.08 Å². The zero-order valence-corrected chi connectivity index (χ0v) is 11.9. The molecule has 0 saturated carbocycles. The van der Waals surface area contributed by atoms with Crippen LogP contribution in [-0.4, -0.2) is 13.1 Å². The minimum atomic E-state index is -0.390. The Bertz CT molecular complexity index is 576. The van der Waals surface area contributed by atoms with E-state index in [1.807, 2.05) is 60.7 Å². The van der Waals surface area contributed by atoms with Crippen molar-refractivity contribution in [3.63, 3.8) is 0 Å².